The van der Waals surface area contributed by atoms with Crippen LogP contribution >= 0.6 is 0 Å². The zero-order chi connectivity index (χ0) is 15.7. The molecule has 0 aliphatic rings. The second-order valence-electron chi connectivity index (χ2n) is 4.77. The van der Waals surface area contributed by atoms with Crippen molar-refractivity contribution in [1.82, 2.24) is 19.7 Å². The van der Waals surface area contributed by atoms with E-state index < -0.39 is 4.92 Å². The predicted octanol–water partition coefficient (Wildman–Crippen LogP) is 2.81. The molecule has 3 rings (SSSR count). The molecule has 0 aliphatic heterocycles. The highest BCUT2D eigenvalue weighted by Gasteiger charge is 2.10. The summed E-state index contributed by atoms with van der Waals surface area (Å²) in [6, 6.07) is 4.42. The second-order valence-corrected chi connectivity index (χ2v) is 4.77. The summed E-state index contributed by atoms with van der Waals surface area (Å²) >= 11 is 0. The number of rotatable bonds is 4. The Bertz CT molecular complexity index is 858. The summed E-state index contributed by atoms with van der Waals surface area (Å²) in [4.78, 5) is 18.9. The summed E-state index contributed by atoms with van der Waals surface area (Å²) < 4.78 is 1.88. The van der Waals surface area contributed by atoms with Crippen LogP contribution in [-0.2, 0) is 6.54 Å². The van der Waals surface area contributed by atoms with E-state index in [9.17, 15) is 10.1 Å². The number of hydrogen-bond acceptors (Lipinski definition) is 6. The molecule has 0 saturated carbocycles. The van der Waals surface area contributed by atoms with E-state index in [0.29, 0.717) is 16.9 Å². The first-order chi connectivity index (χ1) is 10.6. The van der Waals surface area contributed by atoms with Gasteiger partial charge in [-0.1, -0.05) is 0 Å². The highest BCUT2D eigenvalue weighted by atomic mass is 16.6. The Kier molecular flexibility index (Phi) is 3.42. The number of nitro groups is 1. The van der Waals surface area contributed by atoms with Gasteiger partial charge in [-0.25, -0.2) is 4.98 Å². The third-order valence-corrected chi connectivity index (χ3v) is 3.40. The number of hydrogen-bond donors (Lipinski definition) is 1. The highest BCUT2D eigenvalue weighted by molar-refractivity contribution is 5.78. The lowest BCUT2D eigenvalue weighted by molar-refractivity contribution is -0.384. The fourth-order valence-electron chi connectivity index (χ4n) is 2.20. The molecule has 0 radical (unpaired) electrons. The van der Waals surface area contributed by atoms with Crippen molar-refractivity contribution >= 4 is 28.2 Å². The van der Waals surface area contributed by atoms with Gasteiger partial charge in [-0.3, -0.25) is 19.8 Å². The van der Waals surface area contributed by atoms with Crippen molar-refractivity contribution in [1.29, 1.82) is 0 Å². The average Bonchev–Trinajstić information content (AvgIpc) is 2.87. The van der Waals surface area contributed by atoms with E-state index in [1.807, 2.05) is 18.5 Å². The van der Waals surface area contributed by atoms with Gasteiger partial charge < -0.3 is 5.32 Å². The van der Waals surface area contributed by atoms with Crippen LogP contribution in [0.3, 0.4) is 0 Å². The molecule has 1 aromatic carbocycles. The fraction of sp³-hybridized carbons (Fsp3) is 0.214. The number of non-ortho nitro benzene ring substituents is 1. The molecule has 112 valence electrons. The summed E-state index contributed by atoms with van der Waals surface area (Å²) in [5.74, 6) is 0.570. The summed E-state index contributed by atoms with van der Waals surface area (Å²) in [7, 11) is 0. The minimum Gasteiger partial charge on any atom is -0.336 e. The maximum absolute atomic E-state index is 10.8. The smallest absolute Gasteiger partial charge is 0.271 e. The number of benzene rings is 1. The van der Waals surface area contributed by atoms with Crippen molar-refractivity contribution in [2.45, 2.75) is 20.4 Å². The first-order valence-corrected chi connectivity index (χ1v) is 6.79. The molecule has 8 heteroatoms. The van der Waals surface area contributed by atoms with Crippen molar-refractivity contribution in [2.75, 3.05) is 5.32 Å². The van der Waals surface area contributed by atoms with Crippen molar-refractivity contribution in [3.8, 4) is 0 Å². The van der Waals surface area contributed by atoms with Gasteiger partial charge in [0.2, 0.25) is 0 Å². The van der Waals surface area contributed by atoms with E-state index in [1.54, 1.807) is 18.5 Å². The van der Waals surface area contributed by atoms with Gasteiger partial charge in [-0.15, -0.1) is 0 Å². The SMILES string of the molecule is CCn1ncc(Nc2cnc3cc([N+](=O)[O-])ccc3n2)c1C. The van der Waals surface area contributed by atoms with E-state index in [-0.39, 0.29) is 5.69 Å². The molecule has 22 heavy (non-hydrogen) atoms. The summed E-state index contributed by atoms with van der Waals surface area (Å²) in [5.41, 5.74) is 2.95. The average molecular weight is 298 g/mol. The Morgan fingerprint density at radius 1 is 1.32 bits per heavy atom. The zero-order valence-corrected chi connectivity index (χ0v) is 12.1. The van der Waals surface area contributed by atoms with Crippen LogP contribution in [0.2, 0.25) is 0 Å². The Balaban J connectivity index is 1.93. The van der Waals surface area contributed by atoms with Gasteiger partial charge in [-0.2, -0.15) is 5.10 Å². The normalized spacial score (nSPS) is 10.8. The quantitative estimate of drug-likeness (QED) is 0.587. The Morgan fingerprint density at radius 3 is 2.82 bits per heavy atom. The molecule has 0 bridgehead atoms. The minimum atomic E-state index is -0.449. The topological polar surface area (TPSA) is 98.8 Å². The first-order valence-electron chi connectivity index (χ1n) is 6.79. The lowest BCUT2D eigenvalue weighted by Gasteiger charge is -2.06. The van der Waals surface area contributed by atoms with Crippen molar-refractivity contribution in [3.63, 3.8) is 0 Å². The molecule has 0 unspecified atom stereocenters. The number of anilines is 2. The molecule has 0 atom stereocenters. The van der Waals surface area contributed by atoms with E-state index in [0.717, 1.165) is 17.9 Å². The van der Waals surface area contributed by atoms with Crippen molar-refractivity contribution in [3.05, 3.63) is 46.4 Å². The first kappa shape index (κ1) is 13.9. The van der Waals surface area contributed by atoms with Crippen LogP contribution in [0, 0.1) is 17.0 Å². The molecule has 2 aromatic heterocycles. The third-order valence-electron chi connectivity index (χ3n) is 3.40. The molecule has 8 nitrogen and oxygen atoms in total. The van der Waals surface area contributed by atoms with E-state index in [4.69, 9.17) is 0 Å². The van der Waals surface area contributed by atoms with Gasteiger partial charge in [0.25, 0.3) is 5.69 Å². The highest BCUT2D eigenvalue weighted by Crippen LogP contribution is 2.22. The number of nitrogens with zero attached hydrogens (tertiary/aromatic N) is 5. The van der Waals surface area contributed by atoms with Gasteiger partial charge in [0, 0.05) is 18.7 Å². The third kappa shape index (κ3) is 2.46. The molecule has 1 N–H and O–H groups in total. The largest absolute Gasteiger partial charge is 0.336 e. The summed E-state index contributed by atoms with van der Waals surface area (Å²) in [6.07, 6.45) is 3.29. The maximum atomic E-state index is 10.8. The van der Waals surface area contributed by atoms with Gasteiger partial charge in [0.1, 0.15) is 5.82 Å². The number of fused-ring (bicyclic) bond motifs is 1. The van der Waals surface area contributed by atoms with Crippen LogP contribution in [0.1, 0.15) is 12.6 Å². The van der Waals surface area contributed by atoms with Crippen LogP contribution in [0.15, 0.2) is 30.6 Å². The Labute approximate surface area is 126 Å². The van der Waals surface area contributed by atoms with Gasteiger partial charge in [0.05, 0.1) is 39.7 Å². The molecule has 3 aromatic rings. The van der Waals surface area contributed by atoms with Crippen LogP contribution in [0.5, 0.6) is 0 Å². The van der Waals surface area contributed by atoms with Gasteiger partial charge in [-0.05, 0) is 19.9 Å². The standard InChI is InChI=1S/C14H14N6O2/c1-3-19-9(2)13(7-16-19)18-14-8-15-12-6-10(20(21)22)4-5-11(12)17-14/h4-8H,3H2,1-2H3,(H,17,18). The lowest BCUT2D eigenvalue weighted by atomic mass is 10.2. The van der Waals surface area contributed by atoms with E-state index in [1.165, 1.54) is 12.1 Å². The monoisotopic (exact) mass is 298 g/mol. The van der Waals surface area contributed by atoms with Crippen molar-refractivity contribution in [2.24, 2.45) is 0 Å². The molecule has 2 heterocycles. The van der Waals surface area contributed by atoms with Gasteiger partial charge >= 0.3 is 0 Å². The lowest BCUT2D eigenvalue weighted by Crippen LogP contribution is -2.00. The van der Waals surface area contributed by atoms with Gasteiger partial charge in [0.15, 0.2) is 0 Å². The van der Waals surface area contributed by atoms with E-state index in [2.05, 4.69) is 20.4 Å². The van der Waals surface area contributed by atoms with Crippen LogP contribution in [0.25, 0.3) is 11.0 Å². The predicted molar refractivity (Wildman–Crippen MR) is 82.1 cm³/mol. The molecular formula is C14H14N6O2. The number of aromatic nitrogens is 4. The number of nitrogens with one attached hydrogen (secondary N) is 1. The fourth-order valence-corrected chi connectivity index (χ4v) is 2.20. The van der Waals surface area contributed by atoms with Crippen LogP contribution in [0.4, 0.5) is 17.2 Å². The molecular weight excluding hydrogens is 284 g/mol. The molecule has 0 amide bonds. The second kappa shape index (κ2) is 5.40. The molecule has 0 spiro atoms. The Morgan fingerprint density at radius 2 is 2.14 bits per heavy atom. The minimum absolute atomic E-state index is 0.00239. The summed E-state index contributed by atoms with van der Waals surface area (Å²) in [6.45, 7) is 4.78. The molecule has 0 saturated heterocycles. The molecule has 0 aliphatic carbocycles. The zero-order valence-electron chi connectivity index (χ0n) is 12.1. The maximum Gasteiger partial charge on any atom is 0.271 e. The molecule has 0 fully saturated rings. The van der Waals surface area contributed by atoms with E-state index >= 15 is 0 Å². The van der Waals surface area contributed by atoms with Crippen LogP contribution < -0.4 is 5.32 Å². The van der Waals surface area contributed by atoms with Crippen molar-refractivity contribution < 1.29 is 4.92 Å². The number of aryl methyl sites for hydroxylation is 1. The Hall–Kier alpha value is -3.03. The summed E-state index contributed by atoms with van der Waals surface area (Å²) in [5, 5.41) is 18.2. The van der Waals surface area contributed by atoms with Crippen LogP contribution in [-0.4, -0.2) is 24.7 Å². The number of nitro benzene ring substituents is 1.